The first-order chi connectivity index (χ1) is 14.4. The van der Waals surface area contributed by atoms with Crippen LogP contribution >= 0.6 is 0 Å². The summed E-state index contributed by atoms with van der Waals surface area (Å²) in [6, 6.07) is 3.19. The Bertz CT molecular complexity index is 602. The summed E-state index contributed by atoms with van der Waals surface area (Å²) in [6.45, 7) is 11.3. The summed E-state index contributed by atoms with van der Waals surface area (Å²) in [5.74, 6) is -2.01. The monoisotopic (exact) mass is 420 g/mol. The number of nitrogens with zero attached hydrogens (tertiary/aromatic N) is 2. The average molecular weight is 421 g/mol. The number of carboxylic acids is 2. The van der Waals surface area contributed by atoms with Gasteiger partial charge in [-0.05, 0) is 37.8 Å². The van der Waals surface area contributed by atoms with E-state index < -0.39 is 11.9 Å². The average Bonchev–Trinajstić information content (AvgIpc) is 2.73. The molecule has 0 aliphatic heterocycles. The minimum Gasteiger partial charge on any atom is -0.478 e. The van der Waals surface area contributed by atoms with Gasteiger partial charge in [0.05, 0.1) is 22.5 Å². The number of anilines is 2. The summed E-state index contributed by atoms with van der Waals surface area (Å²) in [5, 5.41) is 19.9. The molecule has 0 aliphatic rings. The lowest BCUT2D eigenvalue weighted by molar-refractivity contribution is 0.0682. The summed E-state index contributed by atoms with van der Waals surface area (Å²) in [6.07, 6.45) is 7.73. The summed E-state index contributed by atoms with van der Waals surface area (Å²) >= 11 is 0. The Labute approximate surface area is 181 Å². The molecule has 0 saturated heterocycles. The van der Waals surface area contributed by atoms with Gasteiger partial charge in [-0.15, -0.1) is 0 Å². The van der Waals surface area contributed by atoms with Gasteiger partial charge >= 0.3 is 11.9 Å². The highest BCUT2D eigenvalue weighted by molar-refractivity contribution is 6.02. The van der Waals surface area contributed by atoms with E-state index in [9.17, 15) is 19.8 Å². The molecule has 1 aromatic rings. The van der Waals surface area contributed by atoms with Gasteiger partial charge in [0.25, 0.3) is 0 Å². The predicted molar refractivity (Wildman–Crippen MR) is 124 cm³/mol. The van der Waals surface area contributed by atoms with Gasteiger partial charge < -0.3 is 20.0 Å². The van der Waals surface area contributed by atoms with E-state index in [2.05, 4.69) is 37.5 Å². The lowest BCUT2D eigenvalue weighted by Gasteiger charge is -2.30. The van der Waals surface area contributed by atoms with Gasteiger partial charge in [-0.1, -0.05) is 53.4 Å². The Balaban J connectivity index is 3.54. The molecular weight excluding hydrogens is 380 g/mol. The second kappa shape index (κ2) is 13.9. The van der Waals surface area contributed by atoms with Crippen LogP contribution in [0.3, 0.4) is 0 Å². The van der Waals surface area contributed by atoms with E-state index in [4.69, 9.17) is 0 Å². The SMILES string of the molecule is CCCCN(CCCC)c1cc(C(=O)O)c(N(CCCC)CCCC)cc1C(=O)O. The summed E-state index contributed by atoms with van der Waals surface area (Å²) in [4.78, 5) is 28.4. The zero-order valence-electron chi connectivity index (χ0n) is 19.2. The number of hydrogen-bond acceptors (Lipinski definition) is 4. The quantitative estimate of drug-likeness (QED) is 0.347. The number of hydrogen-bond donors (Lipinski definition) is 2. The molecule has 2 N–H and O–H groups in total. The number of carbonyl (C=O) groups is 2. The van der Waals surface area contributed by atoms with Crippen LogP contribution in [0.15, 0.2) is 12.1 Å². The van der Waals surface area contributed by atoms with Crippen LogP contribution in [0.2, 0.25) is 0 Å². The van der Waals surface area contributed by atoms with E-state index in [-0.39, 0.29) is 11.1 Å². The van der Waals surface area contributed by atoms with Crippen LogP contribution in [0.25, 0.3) is 0 Å². The maximum atomic E-state index is 12.2. The van der Waals surface area contributed by atoms with Gasteiger partial charge in [0, 0.05) is 26.2 Å². The van der Waals surface area contributed by atoms with Gasteiger partial charge in [0.1, 0.15) is 0 Å². The number of carboxylic acid groups (broad SMARTS) is 2. The molecule has 0 unspecified atom stereocenters. The first-order valence-electron chi connectivity index (χ1n) is 11.6. The highest BCUT2D eigenvalue weighted by atomic mass is 16.4. The van der Waals surface area contributed by atoms with Crippen molar-refractivity contribution in [2.45, 2.75) is 79.1 Å². The molecule has 1 rings (SSSR count). The fourth-order valence-corrected chi connectivity index (χ4v) is 3.54. The van der Waals surface area contributed by atoms with E-state index in [0.29, 0.717) is 11.4 Å². The summed E-state index contributed by atoms with van der Waals surface area (Å²) in [5.41, 5.74) is 1.44. The molecule has 0 fully saturated rings. The molecule has 0 aromatic heterocycles. The Hall–Kier alpha value is -2.24. The minimum absolute atomic E-state index is 0.195. The molecule has 0 atom stereocenters. The molecule has 0 saturated carbocycles. The van der Waals surface area contributed by atoms with Crippen molar-refractivity contribution in [1.82, 2.24) is 0 Å². The molecule has 1 aromatic carbocycles. The minimum atomic E-state index is -1.01. The van der Waals surface area contributed by atoms with E-state index >= 15 is 0 Å². The van der Waals surface area contributed by atoms with E-state index in [1.807, 2.05) is 0 Å². The molecule has 0 radical (unpaired) electrons. The lowest BCUT2D eigenvalue weighted by atomic mass is 10.0. The zero-order chi connectivity index (χ0) is 22.5. The van der Waals surface area contributed by atoms with Gasteiger partial charge in [-0.25, -0.2) is 9.59 Å². The van der Waals surface area contributed by atoms with Crippen molar-refractivity contribution in [3.63, 3.8) is 0 Å². The van der Waals surface area contributed by atoms with Gasteiger partial charge in [-0.3, -0.25) is 0 Å². The third-order valence-electron chi connectivity index (χ3n) is 5.38. The Morgan fingerprint density at radius 1 is 0.633 bits per heavy atom. The van der Waals surface area contributed by atoms with Crippen LogP contribution in [-0.2, 0) is 0 Å². The number of unbranched alkanes of at least 4 members (excludes halogenated alkanes) is 4. The third-order valence-corrected chi connectivity index (χ3v) is 5.38. The van der Waals surface area contributed by atoms with Crippen LogP contribution in [0, 0.1) is 0 Å². The number of aromatic carboxylic acids is 2. The second-order valence-electron chi connectivity index (χ2n) is 7.89. The maximum absolute atomic E-state index is 12.2. The molecular formula is C24H40N2O4. The fourth-order valence-electron chi connectivity index (χ4n) is 3.54. The number of rotatable bonds is 16. The highest BCUT2D eigenvalue weighted by Gasteiger charge is 2.24. The predicted octanol–water partition coefficient (Wildman–Crippen LogP) is 5.90. The smallest absolute Gasteiger partial charge is 0.337 e. The van der Waals surface area contributed by atoms with E-state index in [1.165, 1.54) is 0 Å². The van der Waals surface area contributed by atoms with E-state index in [0.717, 1.165) is 77.5 Å². The Kier molecular flexibility index (Phi) is 11.9. The molecule has 6 heteroatoms. The van der Waals surface area contributed by atoms with Crippen molar-refractivity contribution in [2.75, 3.05) is 36.0 Å². The highest BCUT2D eigenvalue weighted by Crippen LogP contribution is 2.32. The molecule has 0 spiro atoms. The molecule has 170 valence electrons. The largest absolute Gasteiger partial charge is 0.478 e. The number of benzene rings is 1. The van der Waals surface area contributed by atoms with E-state index in [1.54, 1.807) is 12.1 Å². The van der Waals surface area contributed by atoms with Crippen molar-refractivity contribution in [3.05, 3.63) is 23.3 Å². The van der Waals surface area contributed by atoms with Gasteiger partial charge in [0.15, 0.2) is 0 Å². The van der Waals surface area contributed by atoms with Crippen LogP contribution in [-0.4, -0.2) is 48.3 Å². The van der Waals surface area contributed by atoms with Crippen LogP contribution in [0.4, 0.5) is 11.4 Å². The van der Waals surface area contributed by atoms with Crippen LogP contribution in [0.5, 0.6) is 0 Å². The topological polar surface area (TPSA) is 81.1 Å². The van der Waals surface area contributed by atoms with Crippen molar-refractivity contribution in [2.24, 2.45) is 0 Å². The molecule has 0 bridgehead atoms. The maximum Gasteiger partial charge on any atom is 0.337 e. The first kappa shape index (κ1) is 25.8. The molecule has 6 nitrogen and oxygen atoms in total. The molecule has 0 heterocycles. The Morgan fingerprint density at radius 2 is 0.900 bits per heavy atom. The van der Waals surface area contributed by atoms with Crippen LogP contribution < -0.4 is 9.80 Å². The third kappa shape index (κ3) is 7.54. The molecule has 0 aliphatic carbocycles. The van der Waals surface area contributed by atoms with Crippen molar-refractivity contribution < 1.29 is 19.8 Å². The standard InChI is InChI=1S/C24H40N2O4/c1-5-9-13-25(14-10-6-2)21-17-20(24(29)30)22(18-19(21)23(27)28)26(15-11-7-3)16-12-8-4/h17-18H,5-16H2,1-4H3,(H,27,28)(H,29,30). The van der Waals surface area contributed by atoms with Crippen molar-refractivity contribution in [3.8, 4) is 0 Å². The summed E-state index contributed by atoms with van der Waals surface area (Å²) < 4.78 is 0. The van der Waals surface area contributed by atoms with Crippen molar-refractivity contribution in [1.29, 1.82) is 0 Å². The normalized spacial score (nSPS) is 10.8. The zero-order valence-corrected chi connectivity index (χ0v) is 19.2. The fraction of sp³-hybridized carbons (Fsp3) is 0.667. The molecule has 30 heavy (non-hydrogen) atoms. The van der Waals surface area contributed by atoms with Gasteiger partial charge in [-0.2, -0.15) is 0 Å². The molecule has 0 amide bonds. The van der Waals surface area contributed by atoms with Crippen molar-refractivity contribution >= 4 is 23.3 Å². The first-order valence-corrected chi connectivity index (χ1v) is 11.6. The second-order valence-corrected chi connectivity index (χ2v) is 7.89. The summed E-state index contributed by atoms with van der Waals surface area (Å²) in [7, 11) is 0. The Morgan fingerprint density at radius 3 is 1.10 bits per heavy atom. The lowest BCUT2D eigenvalue weighted by Crippen LogP contribution is -2.30. The van der Waals surface area contributed by atoms with Gasteiger partial charge in [0.2, 0.25) is 0 Å². The van der Waals surface area contributed by atoms with Crippen LogP contribution in [0.1, 0.15) is 99.8 Å².